The van der Waals surface area contributed by atoms with E-state index in [0.29, 0.717) is 26.2 Å². The van der Waals surface area contributed by atoms with Gasteiger partial charge in [-0.15, -0.1) is 0 Å². The molecule has 0 amide bonds. The zero-order valence-corrected chi connectivity index (χ0v) is 20.1. The van der Waals surface area contributed by atoms with Crippen LogP contribution in [0.2, 0.25) is 0 Å². The van der Waals surface area contributed by atoms with Crippen LogP contribution >= 0.6 is 0 Å². The molecular formula is C29H34O6. The van der Waals surface area contributed by atoms with Crippen LogP contribution in [0.25, 0.3) is 0 Å². The lowest BCUT2D eigenvalue weighted by molar-refractivity contribution is -0.319. The molecule has 35 heavy (non-hydrogen) atoms. The zero-order valence-electron chi connectivity index (χ0n) is 20.1. The molecule has 1 unspecified atom stereocenters. The highest BCUT2D eigenvalue weighted by Crippen LogP contribution is 2.32. The largest absolute Gasteiger partial charge is 0.396 e. The van der Waals surface area contributed by atoms with Gasteiger partial charge in [-0.1, -0.05) is 91.0 Å². The molecule has 5 atom stereocenters. The van der Waals surface area contributed by atoms with E-state index in [0.717, 1.165) is 16.7 Å². The topological polar surface area (TPSA) is 66.4 Å². The molecule has 6 nitrogen and oxygen atoms in total. The van der Waals surface area contributed by atoms with Crippen LogP contribution in [0.3, 0.4) is 0 Å². The molecule has 1 heterocycles. The number of hydrogen-bond acceptors (Lipinski definition) is 6. The number of methoxy groups -OCH3 is 1. The van der Waals surface area contributed by atoms with E-state index in [1.807, 2.05) is 91.0 Å². The molecule has 4 rings (SSSR count). The van der Waals surface area contributed by atoms with Crippen molar-refractivity contribution in [1.29, 1.82) is 0 Å². The Morgan fingerprint density at radius 3 is 1.49 bits per heavy atom. The fourth-order valence-corrected chi connectivity index (χ4v) is 4.30. The number of ether oxygens (including phenoxy) is 5. The van der Waals surface area contributed by atoms with Crippen molar-refractivity contribution in [3.8, 4) is 0 Å². The number of benzene rings is 3. The fourth-order valence-electron chi connectivity index (χ4n) is 4.30. The first-order valence-corrected chi connectivity index (χ1v) is 12.0. The first-order valence-electron chi connectivity index (χ1n) is 12.0. The normalized spacial score (nSPS) is 24.3. The average molecular weight is 479 g/mol. The van der Waals surface area contributed by atoms with Crippen molar-refractivity contribution in [1.82, 2.24) is 0 Å². The van der Waals surface area contributed by atoms with Crippen LogP contribution in [0.15, 0.2) is 91.0 Å². The van der Waals surface area contributed by atoms with Gasteiger partial charge < -0.3 is 28.8 Å². The molecule has 0 saturated carbocycles. The molecule has 0 radical (unpaired) electrons. The quantitative estimate of drug-likeness (QED) is 0.414. The van der Waals surface area contributed by atoms with Crippen molar-refractivity contribution in [2.75, 3.05) is 13.7 Å². The van der Waals surface area contributed by atoms with Crippen LogP contribution in [-0.2, 0) is 43.5 Å². The Hall–Kier alpha value is -2.58. The molecule has 3 aromatic carbocycles. The van der Waals surface area contributed by atoms with E-state index < -0.39 is 30.7 Å². The van der Waals surface area contributed by atoms with Gasteiger partial charge in [-0.3, -0.25) is 0 Å². The smallest absolute Gasteiger partial charge is 0.186 e. The zero-order chi connectivity index (χ0) is 24.3. The summed E-state index contributed by atoms with van der Waals surface area (Å²) in [6, 6.07) is 30.0. The number of rotatable bonds is 12. The highest BCUT2D eigenvalue weighted by molar-refractivity contribution is 5.15. The molecule has 1 aliphatic heterocycles. The summed E-state index contributed by atoms with van der Waals surface area (Å²) in [6.07, 6.45) is -2.13. The molecule has 1 N–H and O–H groups in total. The molecule has 6 heteroatoms. The Labute approximate surface area is 207 Å². The summed E-state index contributed by atoms with van der Waals surface area (Å²) in [5.74, 6) is 0. The maximum Gasteiger partial charge on any atom is 0.186 e. The lowest BCUT2D eigenvalue weighted by Gasteiger charge is -2.45. The molecule has 0 aliphatic carbocycles. The predicted octanol–water partition coefficient (Wildman–Crippen LogP) is 4.50. The average Bonchev–Trinajstić information content (AvgIpc) is 2.92. The van der Waals surface area contributed by atoms with Crippen molar-refractivity contribution < 1.29 is 28.8 Å². The fraction of sp³-hybridized carbons (Fsp3) is 0.379. The lowest BCUT2D eigenvalue weighted by atomic mass is 9.95. The first kappa shape index (κ1) is 25.5. The van der Waals surface area contributed by atoms with E-state index in [-0.39, 0.29) is 6.61 Å². The summed E-state index contributed by atoms with van der Waals surface area (Å²) in [4.78, 5) is 0. The Kier molecular flexibility index (Phi) is 9.84. The van der Waals surface area contributed by atoms with E-state index in [1.54, 1.807) is 7.11 Å². The van der Waals surface area contributed by atoms with Crippen molar-refractivity contribution in [3.63, 3.8) is 0 Å². The number of aliphatic hydroxyl groups is 1. The van der Waals surface area contributed by atoms with Gasteiger partial charge in [-0.2, -0.15) is 0 Å². The summed E-state index contributed by atoms with van der Waals surface area (Å²) >= 11 is 0. The third-order valence-corrected chi connectivity index (χ3v) is 6.09. The third-order valence-electron chi connectivity index (χ3n) is 6.09. The van der Waals surface area contributed by atoms with Gasteiger partial charge in [0.1, 0.15) is 18.3 Å². The molecular weight excluding hydrogens is 444 g/mol. The van der Waals surface area contributed by atoms with Crippen molar-refractivity contribution in [2.45, 2.75) is 56.9 Å². The Morgan fingerprint density at radius 2 is 1.06 bits per heavy atom. The van der Waals surface area contributed by atoms with Crippen LogP contribution in [0, 0.1) is 0 Å². The van der Waals surface area contributed by atoms with Gasteiger partial charge in [0.25, 0.3) is 0 Å². The molecule has 1 saturated heterocycles. The van der Waals surface area contributed by atoms with E-state index in [1.165, 1.54) is 0 Å². The maximum atomic E-state index is 9.74. The Morgan fingerprint density at radius 1 is 0.629 bits per heavy atom. The van der Waals surface area contributed by atoms with Crippen LogP contribution in [0.4, 0.5) is 0 Å². The minimum Gasteiger partial charge on any atom is -0.396 e. The van der Waals surface area contributed by atoms with E-state index >= 15 is 0 Å². The standard InChI is InChI=1S/C29H34O6/c1-31-29-28(34-21-24-15-9-4-10-16-24)27(33-20-23-13-7-3-8-14-23)26(25(35-29)17-18-30)32-19-22-11-5-2-6-12-22/h2-16,25-30H,17-21H2,1H3/t25-,26-,27+,28+,29?/m1/s1. The van der Waals surface area contributed by atoms with Gasteiger partial charge in [0, 0.05) is 13.7 Å². The van der Waals surface area contributed by atoms with Gasteiger partial charge in [0.2, 0.25) is 0 Å². The second-order valence-electron chi connectivity index (χ2n) is 8.57. The predicted molar refractivity (Wildman–Crippen MR) is 132 cm³/mol. The summed E-state index contributed by atoms with van der Waals surface area (Å²) in [5, 5.41) is 9.74. The number of aliphatic hydroxyl groups excluding tert-OH is 1. The Balaban J connectivity index is 1.58. The van der Waals surface area contributed by atoms with Crippen molar-refractivity contribution in [2.24, 2.45) is 0 Å². The van der Waals surface area contributed by atoms with Gasteiger partial charge in [0.15, 0.2) is 6.29 Å². The van der Waals surface area contributed by atoms with E-state index in [9.17, 15) is 5.11 Å². The SMILES string of the molecule is COC1O[C@H](CCO)[C@@H](OCc2ccccc2)[C@H](OCc2ccccc2)[C@@H]1OCc1ccccc1. The van der Waals surface area contributed by atoms with Gasteiger partial charge in [-0.05, 0) is 23.1 Å². The summed E-state index contributed by atoms with van der Waals surface area (Å²) in [7, 11) is 1.60. The monoisotopic (exact) mass is 478 g/mol. The number of hydrogen-bond donors (Lipinski definition) is 1. The first-order chi connectivity index (χ1) is 17.3. The molecule has 0 aromatic heterocycles. The Bertz CT molecular complexity index is 968. The van der Waals surface area contributed by atoms with E-state index in [4.69, 9.17) is 23.7 Å². The second-order valence-corrected chi connectivity index (χ2v) is 8.57. The molecule has 186 valence electrons. The lowest BCUT2D eigenvalue weighted by Crippen LogP contribution is -2.60. The highest BCUT2D eigenvalue weighted by atomic mass is 16.7. The van der Waals surface area contributed by atoms with Gasteiger partial charge in [-0.25, -0.2) is 0 Å². The molecule has 3 aromatic rings. The van der Waals surface area contributed by atoms with Gasteiger partial charge >= 0.3 is 0 Å². The third kappa shape index (κ3) is 7.21. The van der Waals surface area contributed by atoms with Crippen LogP contribution < -0.4 is 0 Å². The van der Waals surface area contributed by atoms with Crippen molar-refractivity contribution >= 4 is 0 Å². The minimum atomic E-state index is -0.660. The summed E-state index contributed by atoms with van der Waals surface area (Å²) in [5.41, 5.74) is 3.14. The molecule has 0 spiro atoms. The molecule has 0 bridgehead atoms. The van der Waals surface area contributed by atoms with Crippen LogP contribution in [0.5, 0.6) is 0 Å². The maximum absolute atomic E-state index is 9.74. The van der Waals surface area contributed by atoms with Gasteiger partial charge in [0.05, 0.1) is 25.9 Å². The highest BCUT2D eigenvalue weighted by Gasteiger charge is 2.48. The summed E-state index contributed by atoms with van der Waals surface area (Å²) in [6.45, 7) is 1.14. The van der Waals surface area contributed by atoms with Crippen molar-refractivity contribution in [3.05, 3.63) is 108 Å². The minimum absolute atomic E-state index is 0.0345. The summed E-state index contributed by atoms with van der Waals surface area (Å²) < 4.78 is 31.2. The van der Waals surface area contributed by atoms with Crippen LogP contribution in [-0.4, -0.2) is 49.5 Å². The second kappa shape index (κ2) is 13.5. The van der Waals surface area contributed by atoms with Crippen LogP contribution in [0.1, 0.15) is 23.1 Å². The van der Waals surface area contributed by atoms with E-state index in [2.05, 4.69) is 0 Å². The molecule has 1 fully saturated rings. The molecule has 1 aliphatic rings.